The van der Waals surface area contributed by atoms with Crippen molar-refractivity contribution in [3.05, 3.63) is 22.4 Å². The Hall–Kier alpha value is -0.380. The lowest BCUT2D eigenvalue weighted by Crippen LogP contribution is -2.48. The molecule has 2 nitrogen and oxygen atoms in total. The van der Waals surface area contributed by atoms with Gasteiger partial charge >= 0.3 is 0 Å². The standard InChI is InChI=1S/C13H24N2S/c1-6-14-13(3,4)10-15(5)11(2)12-8-7-9-16-12/h7-9,11,14H,6,10H2,1-5H3. The van der Waals surface area contributed by atoms with E-state index in [2.05, 4.69) is 62.5 Å². The summed E-state index contributed by atoms with van der Waals surface area (Å²) in [5.41, 5.74) is 0.176. The summed E-state index contributed by atoms with van der Waals surface area (Å²) in [4.78, 5) is 3.85. The summed E-state index contributed by atoms with van der Waals surface area (Å²) in [6, 6.07) is 4.84. The number of nitrogens with zero attached hydrogens (tertiary/aromatic N) is 1. The predicted molar refractivity (Wildman–Crippen MR) is 73.1 cm³/mol. The summed E-state index contributed by atoms with van der Waals surface area (Å²) in [7, 11) is 2.20. The fourth-order valence-electron chi connectivity index (χ4n) is 2.04. The molecule has 0 aromatic carbocycles. The molecule has 1 heterocycles. The van der Waals surface area contributed by atoms with Gasteiger partial charge in [-0.1, -0.05) is 13.0 Å². The molecule has 16 heavy (non-hydrogen) atoms. The maximum absolute atomic E-state index is 3.51. The van der Waals surface area contributed by atoms with Gasteiger partial charge in [-0.3, -0.25) is 4.90 Å². The van der Waals surface area contributed by atoms with Crippen LogP contribution in [0.1, 0.15) is 38.6 Å². The van der Waals surface area contributed by atoms with Gasteiger partial charge in [-0.15, -0.1) is 11.3 Å². The topological polar surface area (TPSA) is 15.3 Å². The van der Waals surface area contributed by atoms with Crippen LogP contribution in [0.3, 0.4) is 0 Å². The van der Waals surface area contributed by atoms with E-state index in [-0.39, 0.29) is 5.54 Å². The van der Waals surface area contributed by atoms with Gasteiger partial charge in [-0.25, -0.2) is 0 Å². The van der Waals surface area contributed by atoms with E-state index in [1.54, 1.807) is 0 Å². The fourth-order valence-corrected chi connectivity index (χ4v) is 2.89. The van der Waals surface area contributed by atoms with Gasteiger partial charge in [-0.2, -0.15) is 0 Å². The van der Waals surface area contributed by atoms with Gasteiger partial charge in [-0.05, 0) is 45.8 Å². The van der Waals surface area contributed by atoms with Crippen LogP contribution >= 0.6 is 11.3 Å². The zero-order valence-corrected chi connectivity index (χ0v) is 11.9. The average Bonchev–Trinajstić information content (AvgIpc) is 2.68. The number of thiophene rings is 1. The Balaban J connectivity index is 2.55. The quantitative estimate of drug-likeness (QED) is 0.822. The molecule has 92 valence electrons. The van der Waals surface area contributed by atoms with Crippen molar-refractivity contribution in [1.82, 2.24) is 10.2 Å². The number of likely N-dealkylation sites (N-methyl/N-ethyl adjacent to an activating group) is 2. The van der Waals surface area contributed by atoms with Crippen LogP contribution in [0.5, 0.6) is 0 Å². The minimum atomic E-state index is 0.176. The Labute approximate surface area is 104 Å². The zero-order chi connectivity index (χ0) is 12.2. The smallest absolute Gasteiger partial charge is 0.0411 e. The van der Waals surface area contributed by atoms with Crippen LogP contribution in [0.2, 0.25) is 0 Å². The maximum atomic E-state index is 3.51. The monoisotopic (exact) mass is 240 g/mol. The van der Waals surface area contributed by atoms with Crippen LogP contribution < -0.4 is 5.32 Å². The molecule has 0 saturated heterocycles. The lowest BCUT2D eigenvalue weighted by Gasteiger charge is -2.34. The van der Waals surface area contributed by atoms with Gasteiger partial charge < -0.3 is 5.32 Å². The molecule has 1 aromatic rings. The summed E-state index contributed by atoms with van der Waals surface area (Å²) >= 11 is 1.84. The Morgan fingerprint density at radius 3 is 2.69 bits per heavy atom. The zero-order valence-electron chi connectivity index (χ0n) is 11.1. The van der Waals surface area contributed by atoms with Crippen LogP contribution in [0.4, 0.5) is 0 Å². The first-order valence-electron chi connectivity index (χ1n) is 5.95. The maximum Gasteiger partial charge on any atom is 0.0411 e. The van der Waals surface area contributed by atoms with E-state index in [0.29, 0.717) is 6.04 Å². The Bertz CT molecular complexity index is 293. The molecule has 0 saturated carbocycles. The summed E-state index contributed by atoms with van der Waals surface area (Å²) in [5, 5.41) is 5.66. The summed E-state index contributed by atoms with van der Waals surface area (Å²) in [6.45, 7) is 11.0. The fraction of sp³-hybridized carbons (Fsp3) is 0.692. The van der Waals surface area contributed by atoms with Crippen LogP contribution in [0.15, 0.2) is 17.5 Å². The van der Waals surface area contributed by atoms with Crippen LogP contribution in [-0.2, 0) is 0 Å². The van der Waals surface area contributed by atoms with Gasteiger partial charge in [0.05, 0.1) is 0 Å². The van der Waals surface area contributed by atoms with Gasteiger partial charge in [0.15, 0.2) is 0 Å². The molecule has 1 rings (SSSR count). The second-order valence-electron chi connectivity index (χ2n) is 5.02. The van der Waals surface area contributed by atoms with Crippen molar-refractivity contribution < 1.29 is 0 Å². The lowest BCUT2D eigenvalue weighted by atomic mass is 10.0. The van der Waals surface area contributed by atoms with Gasteiger partial charge in [0, 0.05) is 23.0 Å². The summed E-state index contributed by atoms with van der Waals surface area (Å²) in [6.07, 6.45) is 0. The highest BCUT2D eigenvalue weighted by atomic mass is 32.1. The van der Waals surface area contributed by atoms with E-state index in [0.717, 1.165) is 13.1 Å². The number of rotatable bonds is 6. The average molecular weight is 240 g/mol. The van der Waals surface area contributed by atoms with Crippen molar-refractivity contribution in [3.63, 3.8) is 0 Å². The van der Waals surface area contributed by atoms with Crippen LogP contribution in [0.25, 0.3) is 0 Å². The molecule has 1 unspecified atom stereocenters. The van der Waals surface area contributed by atoms with Crippen molar-refractivity contribution >= 4 is 11.3 Å². The predicted octanol–water partition coefficient (Wildman–Crippen LogP) is 3.13. The molecule has 0 radical (unpaired) electrons. The molecule has 0 bridgehead atoms. The van der Waals surface area contributed by atoms with Crippen molar-refractivity contribution in [1.29, 1.82) is 0 Å². The molecule has 0 aliphatic rings. The third-order valence-corrected chi connectivity index (χ3v) is 3.96. The second kappa shape index (κ2) is 5.80. The van der Waals surface area contributed by atoms with Crippen molar-refractivity contribution in [2.75, 3.05) is 20.1 Å². The SMILES string of the molecule is CCNC(C)(C)CN(C)C(C)c1cccs1. The number of nitrogens with one attached hydrogen (secondary N) is 1. The highest BCUT2D eigenvalue weighted by Gasteiger charge is 2.22. The molecule has 1 aromatic heterocycles. The minimum Gasteiger partial charge on any atom is -0.311 e. The van der Waals surface area contributed by atoms with Crippen molar-refractivity contribution in [2.24, 2.45) is 0 Å². The summed E-state index contributed by atoms with van der Waals surface area (Å²) in [5.74, 6) is 0. The molecule has 0 aliphatic heterocycles. The van der Waals surface area contributed by atoms with Gasteiger partial charge in [0.1, 0.15) is 0 Å². The normalized spacial score (nSPS) is 14.4. The van der Waals surface area contributed by atoms with E-state index in [9.17, 15) is 0 Å². The van der Waals surface area contributed by atoms with E-state index >= 15 is 0 Å². The Morgan fingerprint density at radius 1 is 1.50 bits per heavy atom. The molecular formula is C13H24N2S. The first-order valence-corrected chi connectivity index (χ1v) is 6.83. The Kier molecular flexibility index (Phi) is 4.96. The third kappa shape index (κ3) is 3.89. The van der Waals surface area contributed by atoms with Crippen LogP contribution in [-0.4, -0.2) is 30.6 Å². The molecule has 0 amide bonds. The highest BCUT2D eigenvalue weighted by molar-refractivity contribution is 7.10. The van der Waals surface area contributed by atoms with Gasteiger partial charge in [0.25, 0.3) is 0 Å². The summed E-state index contributed by atoms with van der Waals surface area (Å²) < 4.78 is 0. The molecule has 0 fully saturated rings. The molecular weight excluding hydrogens is 216 g/mol. The first-order chi connectivity index (χ1) is 7.46. The second-order valence-corrected chi connectivity index (χ2v) is 6.00. The molecule has 1 atom stereocenters. The van der Waals surface area contributed by atoms with Crippen molar-refractivity contribution in [3.8, 4) is 0 Å². The minimum absolute atomic E-state index is 0.176. The number of hydrogen-bond acceptors (Lipinski definition) is 3. The third-order valence-electron chi connectivity index (χ3n) is 2.92. The van der Waals surface area contributed by atoms with Crippen LogP contribution in [0, 0.1) is 0 Å². The van der Waals surface area contributed by atoms with Crippen molar-refractivity contribution in [2.45, 2.75) is 39.3 Å². The van der Waals surface area contributed by atoms with E-state index in [1.807, 2.05) is 11.3 Å². The Morgan fingerprint density at radius 2 is 2.19 bits per heavy atom. The van der Waals surface area contributed by atoms with Gasteiger partial charge in [0.2, 0.25) is 0 Å². The lowest BCUT2D eigenvalue weighted by molar-refractivity contribution is 0.195. The largest absolute Gasteiger partial charge is 0.311 e. The van der Waals surface area contributed by atoms with E-state index < -0.39 is 0 Å². The highest BCUT2D eigenvalue weighted by Crippen LogP contribution is 2.24. The molecule has 0 spiro atoms. The molecule has 0 aliphatic carbocycles. The molecule has 3 heteroatoms. The first kappa shape index (κ1) is 13.7. The number of hydrogen-bond donors (Lipinski definition) is 1. The molecule has 1 N–H and O–H groups in total. The van der Waals surface area contributed by atoms with E-state index in [4.69, 9.17) is 0 Å². The van der Waals surface area contributed by atoms with E-state index in [1.165, 1.54) is 4.88 Å².